The smallest absolute Gasteiger partial charge is 0.220 e. The Hall–Kier alpha value is -3.41. The maximum absolute atomic E-state index is 12.2. The van der Waals surface area contributed by atoms with Crippen molar-refractivity contribution in [1.82, 2.24) is 15.3 Å². The highest BCUT2D eigenvalue weighted by Crippen LogP contribution is 2.35. The van der Waals surface area contributed by atoms with Crippen LogP contribution in [0.1, 0.15) is 49.8 Å². The van der Waals surface area contributed by atoms with Gasteiger partial charge < -0.3 is 10.2 Å². The van der Waals surface area contributed by atoms with E-state index >= 15 is 0 Å². The zero-order chi connectivity index (χ0) is 27.7. The van der Waals surface area contributed by atoms with Crippen LogP contribution in [-0.4, -0.2) is 29.0 Å². The number of unbranched alkanes of at least 4 members (excludes halogenated alkanes) is 3. The molecule has 0 saturated carbocycles. The van der Waals surface area contributed by atoms with Gasteiger partial charge in [-0.3, -0.25) is 4.79 Å². The number of carbonyl (C=O) groups is 1. The standard InChI is InChI=1S/C33H34Cl2N4O/c34-27-17-13-25(14-18-27)31-32(26-15-19-28(35)20-16-26)38-33-29(37-31)11-8-22-39(33)21-7-2-1-6-12-30(40)36-23-24-9-4-3-5-10-24/h3-5,9-10,13-20H,1-2,6-8,11-12,21-23H2,(H,36,40). The van der Waals surface area contributed by atoms with E-state index in [1.807, 2.05) is 78.9 Å². The van der Waals surface area contributed by atoms with Gasteiger partial charge in [0.05, 0.1) is 17.1 Å². The molecule has 7 heteroatoms. The van der Waals surface area contributed by atoms with Gasteiger partial charge in [0.25, 0.3) is 0 Å². The Balaban J connectivity index is 1.20. The second kappa shape index (κ2) is 13.8. The van der Waals surface area contributed by atoms with Crippen molar-refractivity contribution in [1.29, 1.82) is 0 Å². The Bertz CT molecular complexity index is 1410. The quantitative estimate of drug-likeness (QED) is 0.184. The van der Waals surface area contributed by atoms with Gasteiger partial charge in [0.15, 0.2) is 5.82 Å². The van der Waals surface area contributed by atoms with Crippen LogP contribution in [0.25, 0.3) is 22.5 Å². The number of fused-ring (bicyclic) bond motifs is 1. The highest BCUT2D eigenvalue weighted by Gasteiger charge is 2.23. The van der Waals surface area contributed by atoms with E-state index in [1.54, 1.807) is 0 Å². The average Bonchev–Trinajstić information content (AvgIpc) is 2.98. The molecule has 0 unspecified atom stereocenters. The lowest BCUT2D eigenvalue weighted by atomic mass is 10.0. The summed E-state index contributed by atoms with van der Waals surface area (Å²) in [6, 6.07) is 25.6. The molecule has 40 heavy (non-hydrogen) atoms. The summed E-state index contributed by atoms with van der Waals surface area (Å²) in [6.45, 7) is 2.50. The van der Waals surface area contributed by atoms with E-state index in [0.717, 1.165) is 91.2 Å². The van der Waals surface area contributed by atoms with E-state index in [1.165, 1.54) is 0 Å². The SMILES string of the molecule is O=C(CCCCCCN1CCCc2nc(-c3ccc(Cl)cc3)c(-c3ccc(Cl)cc3)nc21)NCc1ccccc1. The van der Waals surface area contributed by atoms with Gasteiger partial charge in [0.1, 0.15) is 0 Å². The second-order valence-electron chi connectivity index (χ2n) is 10.2. The number of hydrogen-bond donors (Lipinski definition) is 1. The first-order chi connectivity index (χ1) is 19.6. The second-order valence-corrected chi connectivity index (χ2v) is 11.1. The summed E-state index contributed by atoms with van der Waals surface area (Å²) in [6.07, 6.45) is 6.63. The number of anilines is 1. The highest BCUT2D eigenvalue weighted by atomic mass is 35.5. The zero-order valence-corrected chi connectivity index (χ0v) is 24.1. The number of halogens is 2. The molecule has 1 aliphatic heterocycles. The van der Waals surface area contributed by atoms with Crippen molar-refractivity contribution in [3.05, 3.63) is 100 Å². The van der Waals surface area contributed by atoms with Gasteiger partial charge in [0.2, 0.25) is 5.91 Å². The Morgan fingerprint density at radius 2 is 1.40 bits per heavy atom. The molecular weight excluding hydrogens is 539 g/mol. The lowest BCUT2D eigenvalue weighted by Gasteiger charge is -2.30. The number of nitrogens with one attached hydrogen (secondary N) is 1. The number of aromatic nitrogens is 2. The molecule has 0 fully saturated rings. The molecule has 5 rings (SSSR count). The molecule has 3 aromatic carbocycles. The van der Waals surface area contributed by atoms with E-state index in [2.05, 4.69) is 10.2 Å². The van der Waals surface area contributed by atoms with Crippen molar-refractivity contribution in [2.75, 3.05) is 18.0 Å². The topological polar surface area (TPSA) is 58.1 Å². The number of amides is 1. The van der Waals surface area contributed by atoms with Gasteiger partial charge in [-0.25, -0.2) is 9.97 Å². The van der Waals surface area contributed by atoms with Crippen LogP contribution >= 0.6 is 23.2 Å². The Morgan fingerprint density at radius 1 is 0.775 bits per heavy atom. The summed E-state index contributed by atoms with van der Waals surface area (Å²) in [5.41, 5.74) is 5.87. The van der Waals surface area contributed by atoms with Crippen LogP contribution in [0, 0.1) is 0 Å². The van der Waals surface area contributed by atoms with E-state index in [0.29, 0.717) is 23.0 Å². The first kappa shape index (κ1) is 28.1. The van der Waals surface area contributed by atoms with Crippen molar-refractivity contribution in [3.63, 3.8) is 0 Å². The maximum atomic E-state index is 12.2. The van der Waals surface area contributed by atoms with Gasteiger partial charge in [-0.15, -0.1) is 0 Å². The summed E-state index contributed by atoms with van der Waals surface area (Å²) in [5.74, 6) is 1.10. The van der Waals surface area contributed by atoms with Crippen molar-refractivity contribution in [3.8, 4) is 22.5 Å². The molecule has 1 aliphatic rings. The molecule has 0 bridgehead atoms. The Labute approximate surface area is 246 Å². The van der Waals surface area contributed by atoms with Gasteiger partial charge in [-0.05, 0) is 55.5 Å². The van der Waals surface area contributed by atoms with Gasteiger partial charge in [-0.2, -0.15) is 0 Å². The number of nitrogens with zero attached hydrogens (tertiary/aromatic N) is 3. The van der Waals surface area contributed by atoms with Gasteiger partial charge in [-0.1, -0.05) is 90.6 Å². The minimum atomic E-state index is 0.121. The Morgan fingerprint density at radius 3 is 2.08 bits per heavy atom. The van der Waals surface area contributed by atoms with Gasteiger partial charge in [0, 0.05) is 47.2 Å². The molecule has 0 radical (unpaired) electrons. The summed E-state index contributed by atoms with van der Waals surface area (Å²) >= 11 is 12.3. The molecule has 1 N–H and O–H groups in total. The van der Waals surface area contributed by atoms with Crippen LogP contribution in [-0.2, 0) is 17.8 Å². The van der Waals surface area contributed by atoms with Crippen LogP contribution < -0.4 is 10.2 Å². The molecule has 4 aromatic rings. The lowest BCUT2D eigenvalue weighted by Crippen LogP contribution is -2.32. The summed E-state index contributed by atoms with van der Waals surface area (Å²) in [5, 5.41) is 4.41. The third-order valence-electron chi connectivity index (χ3n) is 7.24. The fourth-order valence-corrected chi connectivity index (χ4v) is 5.34. The summed E-state index contributed by atoms with van der Waals surface area (Å²) < 4.78 is 0. The molecule has 206 valence electrons. The fourth-order valence-electron chi connectivity index (χ4n) is 5.09. The lowest BCUT2D eigenvalue weighted by molar-refractivity contribution is -0.121. The molecule has 0 spiro atoms. The predicted molar refractivity (Wildman–Crippen MR) is 165 cm³/mol. The van der Waals surface area contributed by atoms with Crippen molar-refractivity contribution in [2.24, 2.45) is 0 Å². The third kappa shape index (κ3) is 7.41. The van der Waals surface area contributed by atoms with Crippen LogP contribution in [0.15, 0.2) is 78.9 Å². The van der Waals surface area contributed by atoms with E-state index in [-0.39, 0.29) is 5.91 Å². The molecular formula is C33H34Cl2N4O. The summed E-state index contributed by atoms with van der Waals surface area (Å²) in [7, 11) is 0. The van der Waals surface area contributed by atoms with Crippen LogP contribution in [0.4, 0.5) is 5.82 Å². The minimum Gasteiger partial charge on any atom is -0.355 e. The molecule has 1 amide bonds. The number of carbonyl (C=O) groups excluding carboxylic acids is 1. The minimum absolute atomic E-state index is 0.121. The number of benzene rings is 3. The number of rotatable bonds is 11. The maximum Gasteiger partial charge on any atom is 0.220 e. The monoisotopic (exact) mass is 572 g/mol. The molecule has 0 atom stereocenters. The van der Waals surface area contributed by atoms with Crippen molar-refractivity contribution >= 4 is 34.9 Å². The highest BCUT2D eigenvalue weighted by molar-refractivity contribution is 6.31. The van der Waals surface area contributed by atoms with E-state index in [4.69, 9.17) is 33.2 Å². The normalized spacial score (nSPS) is 12.7. The van der Waals surface area contributed by atoms with Crippen molar-refractivity contribution < 1.29 is 4.79 Å². The van der Waals surface area contributed by atoms with Crippen molar-refractivity contribution in [2.45, 2.75) is 51.5 Å². The Kier molecular flexibility index (Phi) is 9.69. The largest absolute Gasteiger partial charge is 0.355 e. The van der Waals surface area contributed by atoms with Crippen LogP contribution in [0.5, 0.6) is 0 Å². The average molecular weight is 574 g/mol. The van der Waals surface area contributed by atoms with Crippen LogP contribution in [0.2, 0.25) is 10.0 Å². The third-order valence-corrected chi connectivity index (χ3v) is 7.74. The molecule has 0 aliphatic carbocycles. The molecule has 0 saturated heterocycles. The zero-order valence-electron chi connectivity index (χ0n) is 22.6. The number of hydrogen-bond acceptors (Lipinski definition) is 4. The summed E-state index contributed by atoms with van der Waals surface area (Å²) in [4.78, 5) is 24.9. The van der Waals surface area contributed by atoms with E-state index in [9.17, 15) is 4.79 Å². The predicted octanol–water partition coefficient (Wildman–Crippen LogP) is 8.14. The molecule has 2 heterocycles. The first-order valence-electron chi connectivity index (χ1n) is 14.1. The van der Waals surface area contributed by atoms with Crippen LogP contribution in [0.3, 0.4) is 0 Å². The number of aryl methyl sites for hydroxylation is 1. The van der Waals surface area contributed by atoms with E-state index < -0.39 is 0 Å². The molecule has 1 aromatic heterocycles. The fraction of sp³-hybridized carbons (Fsp3) is 0.303. The van der Waals surface area contributed by atoms with Gasteiger partial charge >= 0.3 is 0 Å². The first-order valence-corrected chi connectivity index (χ1v) is 14.8. The molecule has 5 nitrogen and oxygen atoms in total.